The Morgan fingerprint density at radius 3 is 2.50 bits per heavy atom. The summed E-state index contributed by atoms with van der Waals surface area (Å²) < 4.78 is 1.67. The van der Waals surface area contributed by atoms with E-state index in [-0.39, 0.29) is 0 Å². The average molecular weight is 281 g/mol. The second-order valence-corrected chi connectivity index (χ2v) is 5.99. The Kier molecular flexibility index (Phi) is 4.69. The number of aliphatic carboxylic acids is 1. The first-order chi connectivity index (χ1) is 9.53. The smallest absolute Gasteiger partial charge is 0.311 e. The van der Waals surface area contributed by atoms with Crippen molar-refractivity contribution in [1.29, 1.82) is 0 Å². The SMILES string of the molecule is CN(C)Cc1nnnn1CC1(C(=O)O)CCCCCC1. The lowest BCUT2D eigenvalue weighted by atomic mass is 9.80. The molecular formula is C13H23N5O2. The van der Waals surface area contributed by atoms with Crippen LogP contribution in [0.2, 0.25) is 0 Å². The van der Waals surface area contributed by atoms with Crippen molar-refractivity contribution in [1.82, 2.24) is 25.1 Å². The van der Waals surface area contributed by atoms with Crippen LogP contribution in [-0.4, -0.2) is 50.3 Å². The number of carbonyl (C=O) groups is 1. The van der Waals surface area contributed by atoms with Crippen LogP contribution in [0.4, 0.5) is 0 Å². The number of tetrazole rings is 1. The first-order valence-electron chi connectivity index (χ1n) is 7.17. The Bertz CT molecular complexity index is 449. The number of rotatable bonds is 5. The molecule has 1 saturated carbocycles. The van der Waals surface area contributed by atoms with E-state index in [0.29, 0.717) is 25.9 Å². The first kappa shape index (κ1) is 14.9. The van der Waals surface area contributed by atoms with Crippen molar-refractivity contribution >= 4 is 5.97 Å². The quantitative estimate of drug-likeness (QED) is 0.815. The molecule has 7 nitrogen and oxygen atoms in total. The summed E-state index contributed by atoms with van der Waals surface area (Å²) in [5, 5.41) is 21.4. The molecule has 0 amide bonds. The second-order valence-electron chi connectivity index (χ2n) is 5.99. The zero-order valence-corrected chi connectivity index (χ0v) is 12.2. The van der Waals surface area contributed by atoms with Gasteiger partial charge in [0.05, 0.1) is 18.5 Å². The highest BCUT2D eigenvalue weighted by Crippen LogP contribution is 2.37. The minimum absolute atomic E-state index is 0.374. The molecule has 0 radical (unpaired) electrons. The Balaban J connectivity index is 2.19. The van der Waals surface area contributed by atoms with Gasteiger partial charge < -0.3 is 10.0 Å². The van der Waals surface area contributed by atoms with E-state index in [1.165, 1.54) is 0 Å². The van der Waals surface area contributed by atoms with E-state index in [4.69, 9.17) is 0 Å². The van der Waals surface area contributed by atoms with Crippen LogP contribution in [0.5, 0.6) is 0 Å². The van der Waals surface area contributed by atoms with E-state index in [9.17, 15) is 9.90 Å². The molecular weight excluding hydrogens is 258 g/mol. The van der Waals surface area contributed by atoms with Gasteiger partial charge in [0, 0.05) is 0 Å². The van der Waals surface area contributed by atoms with E-state index in [1.807, 2.05) is 19.0 Å². The summed E-state index contributed by atoms with van der Waals surface area (Å²) >= 11 is 0. The fourth-order valence-corrected chi connectivity index (χ4v) is 2.87. The lowest BCUT2D eigenvalue weighted by molar-refractivity contribution is -0.151. The molecule has 1 aliphatic carbocycles. The normalized spacial score (nSPS) is 18.9. The Morgan fingerprint density at radius 2 is 1.95 bits per heavy atom. The highest BCUT2D eigenvalue weighted by molar-refractivity contribution is 5.74. The molecule has 0 bridgehead atoms. The number of hydrogen-bond donors (Lipinski definition) is 1. The van der Waals surface area contributed by atoms with Crippen molar-refractivity contribution < 1.29 is 9.90 Å². The summed E-state index contributed by atoms with van der Waals surface area (Å²) in [7, 11) is 3.88. The third kappa shape index (κ3) is 3.33. The Morgan fingerprint density at radius 1 is 1.30 bits per heavy atom. The zero-order valence-electron chi connectivity index (χ0n) is 12.2. The van der Waals surface area contributed by atoms with E-state index in [2.05, 4.69) is 15.5 Å². The molecule has 1 heterocycles. The van der Waals surface area contributed by atoms with Crippen LogP contribution in [0.3, 0.4) is 0 Å². The molecule has 2 rings (SSSR count). The standard InChI is InChI=1S/C13H23N5O2/c1-17(2)9-11-14-15-16-18(11)10-13(12(19)20)7-5-3-4-6-8-13/h3-10H2,1-2H3,(H,19,20). The van der Waals surface area contributed by atoms with E-state index in [0.717, 1.165) is 31.5 Å². The largest absolute Gasteiger partial charge is 0.481 e. The number of carboxylic acids is 1. The molecule has 1 fully saturated rings. The van der Waals surface area contributed by atoms with Crippen LogP contribution in [0.15, 0.2) is 0 Å². The van der Waals surface area contributed by atoms with E-state index in [1.54, 1.807) is 4.68 Å². The van der Waals surface area contributed by atoms with Crippen LogP contribution in [-0.2, 0) is 17.9 Å². The van der Waals surface area contributed by atoms with Crippen LogP contribution in [0, 0.1) is 5.41 Å². The molecule has 1 N–H and O–H groups in total. The summed E-state index contributed by atoms with van der Waals surface area (Å²) in [6, 6.07) is 0. The second kappa shape index (κ2) is 6.30. The van der Waals surface area contributed by atoms with Gasteiger partial charge in [-0.3, -0.25) is 4.79 Å². The maximum atomic E-state index is 11.8. The molecule has 0 aromatic carbocycles. The molecule has 7 heteroatoms. The predicted octanol–water partition coefficient (Wildman–Crippen LogP) is 1.16. The van der Waals surface area contributed by atoms with Gasteiger partial charge in [-0.15, -0.1) is 5.10 Å². The van der Waals surface area contributed by atoms with Crippen LogP contribution in [0.1, 0.15) is 44.3 Å². The summed E-state index contributed by atoms with van der Waals surface area (Å²) in [6.07, 6.45) is 5.60. The Hall–Kier alpha value is -1.50. The molecule has 0 saturated heterocycles. The Labute approximate surface area is 119 Å². The van der Waals surface area contributed by atoms with Gasteiger partial charge in [0.2, 0.25) is 0 Å². The minimum atomic E-state index is -0.717. The van der Waals surface area contributed by atoms with Gasteiger partial charge in [0.1, 0.15) is 0 Å². The fraction of sp³-hybridized carbons (Fsp3) is 0.846. The monoisotopic (exact) mass is 281 g/mol. The molecule has 0 aliphatic heterocycles. The molecule has 112 valence electrons. The number of carboxylic acid groups (broad SMARTS) is 1. The van der Waals surface area contributed by atoms with Crippen molar-refractivity contribution in [3.05, 3.63) is 5.82 Å². The van der Waals surface area contributed by atoms with Crippen molar-refractivity contribution in [3.63, 3.8) is 0 Å². The van der Waals surface area contributed by atoms with E-state index >= 15 is 0 Å². The van der Waals surface area contributed by atoms with Gasteiger partial charge in [0.15, 0.2) is 5.82 Å². The predicted molar refractivity (Wildman–Crippen MR) is 73.0 cm³/mol. The minimum Gasteiger partial charge on any atom is -0.481 e. The van der Waals surface area contributed by atoms with E-state index < -0.39 is 11.4 Å². The van der Waals surface area contributed by atoms with Gasteiger partial charge in [0.25, 0.3) is 0 Å². The number of nitrogens with zero attached hydrogens (tertiary/aromatic N) is 5. The zero-order chi connectivity index (χ0) is 14.6. The summed E-state index contributed by atoms with van der Waals surface area (Å²) in [5.41, 5.74) is -0.715. The van der Waals surface area contributed by atoms with Crippen LogP contribution in [0.25, 0.3) is 0 Å². The van der Waals surface area contributed by atoms with Gasteiger partial charge >= 0.3 is 5.97 Å². The molecule has 1 aliphatic rings. The highest BCUT2D eigenvalue weighted by Gasteiger charge is 2.40. The first-order valence-corrected chi connectivity index (χ1v) is 7.17. The molecule has 0 unspecified atom stereocenters. The fourth-order valence-electron chi connectivity index (χ4n) is 2.87. The van der Waals surface area contributed by atoms with Gasteiger partial charge in [-0.05, 0) is 37.4 Å². The molecule has 20 heavy (non-hydrogen) atoms. The maximum absolute atomic E-state index is 11.8. The van der Waals surface area contributed by atoms with Gasteiger partial charge in [-0.25, -0.2) is 4.68 Å². The van der Waals surface area contributed by atoms with Crippen LogP contribution < -0.4 is 0 Å². The lowest BCUT2D eigenvalue weighted by Gasteiger charge is -2.28. The third-order valence-electron chi connectivity index (χ3n) is 4.03. The van der Waals surface area contributed by atoms with Crippen molar-refractivity contribution in [3.8, 4) is 0 Å². The highest BCUT2D eigenvalue weighted by atomic mass is 16.4. The summed E-state index contributed by atoms with van der Waals surface area (Å²) in [6.45, 7) is 0.987. The number of aromatic nitrogens is 4. The van der Waals surface area contributed by atoms with Gasteiger partial charge in [-0.2, -0.15) is 0 Å². The topological polar surface area (TPSA) is 84.1 Å². The lowest BCUT2D eigenvalue weighted by Crippen LogP contribution is -2.36. The molecule has 1 aromatic heterocycles. The van der Waals surface area contributed by atoms with Crippen molar-refractivity contribution in [2.75, 3.05) is 14.1 Å². The van der Waals surface area contributed by atoms with Gasteiger partial charge in [-0.1, -0.05) is 25.7 Å². The average Bonchev–Trinajstić information content (AvgIpc) is 2.65. The summed E-state index contributed by atoms with van der Waals surface area (Å²) in [5.74, 6) is 0.00516. The third-order valence-corrected chi connectivity index (χ3v) is 4.03. The molecule has 0 atom stereocenters. The molecule has 1 aromatic rings. The molecule has 0 spiro atoms. The maximum Gasteiger partial charge on any atom is 0.311 e. The summed E-state index contributed by atoms with van der Waals surface area (Å²) in [4.78, 5) is 13.8. The van der Waals surface area contributed by atoms with Crippen LogP contribution >= 0.6 is 0 Å². The number of hydrogen-bond acceptors (Lipinski definition) is 5. The van der Waals surface area contributed by atoms with Crippen molar-refractivity contribution in [2.24, 2.45) is 5.41 Å². The van der Waals surface area contributed by atoms with Crippen molar-refractivity contribution in [2.45, 2.75) is 51.6 Å².